The molecule has 4 rings (SSSR count). The van der Waals surface area contributed by atoms with Gasteiger partial charge in [0, 0.05) is 49.4 Å². The van der Waals surface area contributed by atoms with E-state index in [9.17, 15) is 9.90 Å². The molecule has 2 aromatic heterocycles. The lowest BCUT2D eigenvalue weighted by Gasteiger charge is -2.16. The van der Waals surface area contributed by atoms with Crippen LogP contribution in [0.2, 0.25) is 0 Å². The minimum Gasteiger partial charge on any atom is -0.497 e. The van der Waals surface area contributed by atoms with Crippen LogP contribution < -0.4 is 4.74 Å². The van der Waals surface area contributed by atoms with E-state index in [0.717, 1.165) is 28.1 Å². The van der Waals surface area contributed by atoms with Gasteiger partial charge in [0.15, 0.2) is 0 Å². The van der Waals surface area contributed by atoms with Gasteiger partial charge in [0.1, 0.15) is 17.2 Å². The number of β-amino-alcohol motifs (C(OH)–C–C–N with tert-alkyl or cyclic N) is 1. The van der Waals surface area contributed by atoms with Crippen LogP contribution in [-0.2, 0) is 13.5 Å². The summed E-state index contributed by atoms with van der Waals surface area (Å²) in [6.45, 7) is 2.68. The average Bonchev–Trinajstić information content (AvgIpc) is 3.33. The van der Waals surface area contributed by atoms with Crippen molar-refractivity contribution >= 4 is 16.8 Å². The average molecular weight is 369 g/mol. The zero-order valence-electron chi connectivity index (χ0n) is 15.7. The molecule has 1 saturated heterocycles. The van der Waals surface area contributed by atoms with Crippen LogP contribution in [0.1, 0.15) is 21.9 Å². The topological polar surface area (TPSA) is 80.7 Å². The number of rotatable bonds is 4. The van der Waals surface area contributed by atoms with Crippen molar-refractivity contribution < 1.29 is 19.2 Å². The Bertz CT molecular complexity index is 990. The Morgan fingerprint density at radius 2 is 2.15 bits per heavy atom. The van der Waals surface area contributed by atoms with E-state index >= 15 is 0 Å². The molecule has 0 radical (unpaired) electrons. The lowest BCUT2D eigenvalue weighted by Crippen LogP contribution is -2.31. The number of hydrogen-bond donors (Lipinski definition) is 1. The lowest BCUT2D eigenvalue weighted by atomic mass is 10.0. The monoisotopic (exact) mass is 369 g/mol. The van der Waals surface area contributed by atoms with E-state index < -0.39 is 6.10 Å². The van der Waals surface area contributed by atoms with Gasteiger partial charge in [-0.05, 0) is 31.2 Å². The van der Waals surface area contributed by atoms with Crippen LogP contribution in [0.4, 0.5) is 0 Å². The van der Waals surface area contributed by atoms with Crippen molar-refractivity contribution in [2.24, 2.45) is 13.0 Å². The standard InChI is InChI=1S/C20H23N3O4/c1-12-6-16(27-21-12)8-14-10-23(11-19(14)24)20(25)18-9-13-7-15(26-3)4-5-17(13)22(18)2/h4-7,9,14,19,24H,8,10-11H2,1-3H3/t14-,19+/m1/s1. The number of nitrogens with zero attached hydrogens (tertiary/aromatic N) is 3. The molecule has 1 aliphatic rings. The van der Waals surface area contributed by atoms with Crippen molar-refractivity contribution in [2.45, 2.75) is 19.4 Å². The molecular formula is C20H23N3O4. The number of hydrogen-bond acceptors (Lipinski definition) is 5. The van der Waals surface area contributed by atoms with E-state index in [1.54, 1.807) is 12.0 Å². The Morgan fingerprint density at radius 3 is 2.85 bits per heavy atom. The Morgan fingerprint density at radius 1 is 1.33 bits per heavy atom. The first-order valence-electron chi connectivity index (χ1n) is 8.99. The minimum absolute atomic E-state index is 0.0592. The molecule has 0 unspecified atom stereocenters. The molecular weight excluding hydrogens is 346 g/mol. The summed E-state index contributed by atoms with van der Waals surface area (Å²) in [5.41, 5.74) is 2.38. The molecule has 1 N–H and O–H groups in total. The van der Waals surface area contributed by atoms with Crippen LogP contribution in [0.25, 0.3) is 10.9 Å². The number of likely N-dealkylation sites (tertiary alicyclic amines) is 1. The molecule has 1 aliphatic heterocycles. The lowest BCUT2D eigenvalue weighted by molar-refractivity contribution is 0.0756. The minimum atomic E-state index is -0.575. The van der Waals surface area contributed by atoms with Crippen LogP contribution in [-0.4, -0.2) is 51.9 Å². The van der Waals surface area contributed by atoms with Gasteiger partial charge in [-0.3, -0.25) is 4.79 Å². The highest BCUT2D eigenvalue weighted by Gasteiger charge is 2.36. The molecule has 142 valence electrons. The molecule has 7 heteroatoms. The number of carbonyl (C=O) groups is 1. The van der Waals surface area contributed by atoms with E-state index in [0.29, 0.717) is 25.2 Å². The summed E-state index contributed by atoms with van der Waals surface area (Å²) >= 11 is 0. The molecule has 1 amide bonds. The van der Waals surface area contributed by atoms with Gasteiger partial charge in [0.05, 0.1) is 18.9 Å². The van der Waals surface area contributed by atoms with Crippen molar-refractivity contribution in [3.63, 3.8) is 0 Å². The maximum atomic E-state index is 13.1. The highest BCUT2D eigenvalue weighted by molar-refractivity contribution is 5.99. The first kappa shape index (κ1) is 17.6. The first-order valence-corrected chi connectivity index (χ1v) is 8.99. The third-order valence-corrected chi connectivity index (χ3v) is 5.30. The largest absolute Gasteiger partial charge is 0.497 e. The highest BCUT2D eigenvalue weighted by atomic mass is 16.5. The van der Waals surface area contributed by atoms with Gasteiger partial charge >= 0.3 is 0 Å². The number of aromatic nitrogens is 2. The van der Waals surface area contributed by atoms with Crippen molar-refractivity contribution in [3.8, 4) is 5.75 Å². The normalized spacial score (nSPS) is 19.8. The molecule has 0 saturated carbocycles. The summed E-state index contributed by atoms with van der Waals surface area (Å²) in [6, 6.07) is 9.48. The third kappa shape index (κ3) is 3.19. The number of ether oxygens (including phenoxy) is 1. The number of aryl methyl sites for hydroxylation is 2. The zero-order chi connectivity index (χ0) is 19.1. The van der Waals surface area contributed by atoms with Crippen molar-refractivity contribution in [1.29, 1.82) is 0 Å². The summed E-state index contributed by atoms with van der Waals surface area (Å²) in [5.74, 6) is 1.35. The van der Waals surface area contributed by atoms with Crippen LogP contribution in [0, 0.1) is 12.8 Å². The number of aliphatic hydroxyl groups excluding tert-OH is 1. The Kier molecular flexibility index (Phi) is 4.39. The molecule has 3 heterocycles. The highest BCUT2D eigenvalue weighted by Crippen LogP contribution is 2.27. The van der Waals surface area contributed by atoms with E-state index in [1.165, 1.54) is 0 Å². The van der Waals surface area contributed by atoms with Gasteiger partial charge in [-0.1, -0.05) is 5.16 Å². The van der Waals surface area contributed by atoms with E-state index in [4.69, 9.17) is 9.26 Å². The predicted octanol–water partition coefficient (Wildman–Crippen LogP) is 2.16. The van der Waals surface area contributed by atoms with Crippen molar-refractivity contribution in [2.75, 3.05) is 20.2 Å². The summed E-state index contributed by atoms with van der Waals surface area (Å²) < 4.78 is 12.4. The maximum absolute atomic E-state index is 13.1. The molecule has 7 nitrogen and oxygen atoms in total. The number of amides is 1. The van der Waals surface area contributed by atoms with Gasteiger partial charge in [-0.15, -0.1) is 0 Å². The predicted molar refractivity (Wildman–Crippen MR) is 99.8 cm³/mol. The van der Waals surface area contributed by atoms with Gasteiger partial charge in [0.2, 0.25) is 0 Å². The Hall–Kier alpha value is -2.80. The second-order valence-corrected chi connectivity index (χ2v) is 7.19. The van der Waals surface area contributed by atoms with Crippen LogP contribution in [0.3, 0.4) is 0 Å². The quantitative estimate of drug-likeness (QED) is 0.762. The molecule has 2 atom stereocenters. The maximum Gasteiger partial charge on any atom is 0.270 e. The Balaban J connectivity index is 1.54. The summed E-state index contributed by atoms with van der Waals surface area (Å²) in [5, 5.41) is 15.3. The fourth-order valence-electron chi connectivity index (χ4n) is 3.81. The molecule has 0 bridgehead atoms. The molecule has 0 aliphatic carbocycles. The van der Waals surface area contributed by atoms with Gasteiger partial charge in [-0.25, -0.2) is 0 Å². The van der Waals surface area contributed by atoms with E-state index in [1.807, 2.05) is 48.9 Å². The first-order chi connectivity index (χ1) is 13.0. The van der Waals surface area contributed by atoms with Gasteiger partial charge < -0.3 is 23.8 Å². The molecule has 3 aromatic rings. The molecule has 0 spiro atoms. The molecule has 1 aromatic carbocycles. The van der Waals surface area contributed by atoms with E-state index in [-0.39, 0.29) is 11.8 Å². The molecule has 1 fully saturated rings. The number of aliphatic hydroxyl groups is 1. The van der Waals surface area contributed by atoms with Gasteiger partial charge in [-0.2, -0.15) is 0 Å². The molecule has 27 heavy (non-hydrogen) atoms. The van der Waals surface area contributed by atoms with E-state index in [2.05, 4.69) is 5.16 Å². The third-order valence-electron chi connectivity index (χ3n) is 5.30. The number of carbonyl (C=O) groups excluding carboxylic acids is 1. The summed E-state index contributed by atoms with van der Waals surface area (Å²) in [6.07, 6.45) is -0.00732. The van der Waals surface area contributed by atoms with Crippen molar-refractivity contribution in [3.05, 3.63) is 47.5 Å². The second kappa shape index (κ2) is 6.74. The summed E-state index contributed by atoms with van der Waals surface area (Å²) in [4.78, 5) is 14.8. The summed E-state index contributed by atoms with van der Waals surface area (Å²) in [7, 11) is 3.50. The SMILES string of the molecule is COc1ccc2c(c1)cc(C(=O)N1C[C@@H](Cc3cc(C)no3)[C@@H](O)C1)n2C. The van der Waals surface area contributed by atoms with Crippen LogP contribution >= 0.6 is 0 Å². The number of methoxy groups -OCH3 is 1. The fraction of sp³-hybridized carbons (Fsp3) is 0.400. The zero-order valence-corrected chi connectivity index (χ0v) is 15.7. The second-order valence-electron chi connectivity index (χ2n) is 7.19. The Labute approximate surface area is 157 Å². The fourth-order valence-corrected chi connectivity index (χ4v) is 3.81. The van der Waals surface area contributed by atoms with Gasteiger partial charge in [0.25, 0.3) is 5.91 Å². The van der Waals surface area contributed by atoms with Crippen LogP contribution in [0.15, 0.2) is 34.9 Å². The number of benzene rings is 1. The van der Waals surface area contributed by atoms with Crippen molar-refractivity contribution in [1.82, 2.24) is 14.6 Å². The smallest absolute Gasteiger partial charge is 0.270 e. The van der Waals surface area contributed by atoms with Crippen LogP contribution in [0.5, 0.6) is 5.75 Å². The number of fused-ring (bicyclic) bond motifs is 1.